The maximum Gasteiger partial charge on any atom is 0.230 e. The fourth-order valence-electron chi connectivity index (χ4n) is 2.89. The lowest BCUT2D eigenvalue weighted by Gasteiger charge is -2.38. The molecule has 2 aliphatic heterocycles. The van der Waals surface area contributed by atoms with E-state index < -0.39 is 0 Å². The average molecular weight is 277 g/mol. The van der Waals surface area contributed by atoms with E-state index >= 15 is 0 Å². The van der Waals surface area contributed by atoms with Gasteiger partial charge in [-0.15, -0.1) is 0 Å². The van der Waals surface area contributed by atoms with Crippen molar-refractivity contribution in [2.45, 2.75) is 18.4 Å². The van der Waals surface area contributed by atoms with Crippen LogP contribution in [0.25, 0.3) is 0 Å². The van der Waals surface area contributed by atoms with E-state index in [4.69, 9.17) is 9.47 Å². The van der Waals surface area contributed by atoms with Crippen LogP contribution in [-0.2, 0) is 9.53 Å². The molecule has 2 atom stereocenters. The molecule has 2 unspecified atom stereocenters. The first-order valence-corrected chi connectivity index (χ1v) is 7.02. The van der Waals surface area contributed by atoms with Crippen molar-refractivity contribution in [2.75, 3.05) is 33.0 Å². The molecule has 0 bridgehead atoms. The van der Waals surface area contributed by atoms with Crippen LogP contribution >= 0.6 is 0 Å². The van der Waals surface area contributed by atoms with Gasteiger partial charge in [0, 0.05) is 12.1 Å². The first kappa shape index (κ1) is 13.4. The quantitative estimate of drug-likeness (QED) is 0.867. The number of fused-ring (bicyclic) bond motifs is 1. The topological polar surface area (TPSA) is 59.0 Å². The monoisotopic (exact) mass is 277 g/mol. The summed E-state index contributed by atoms with van der Waals surface area (Å²) in [5.41, 5.74) is 0.951. The number of nitrogens with zero attached hydrogens (tertiary/aromatic N) is 1. The Morgan fingerprint density at radius 1 is 1.35 bits per heavy atom. The van der Waals surface area contributed by atoms with Gasteiger partial charge in [0.05, 0.1) is 38.4 Å². The van der Waals surface area contributed by atoms with Crippen molar-refractivity contribution in [1.82, 2.24) is 4.90 Å². The Morgan fingerprint density at radius 2 is 2.20 bits per heavy atom. The second-order valence-electron chi connectivity index (χ2n) is 5.17. The van der Waals surface area contributed by atoms with Crippen molar-refractivity contribution in [3.8, 4) is 5.75 Å². The number of rotatable bonds is 2. The normalized spacial score (nSPS) is 25.8. The van der Waals surface area contributed by atoms with Gasteiger partial charge in [0.25, 0.3) is 0 Å². The Kier molecular flexibility index (Phi) is 3.89. The summed E-state index contributed by atoms with van der Waals surface area (Å²) in [4.78, 5) is 14.5. The highest BCUT2D eigenvalue weighted by molar-refractivity contribution is 5.85. The van der Waals surface area contributed by atoms with Crippen LogP contribution in [0, 0.1) is 0 Å². The third kappa shape index (κ3) is 2.39. The largest absolute Gasteiger partial charge is 0.493 e. The number of morpholine rings is 1. The van der Waals surface area contributed by atoms with Gasteiger partial charge in [-0.25, -0.2) is 0 Å². The molecule has 2 aliphatic rings. The van der Waals surface area contributed by atoms with Gasteiger partial charge in [0.2, 0.25) is 5.91 Å². The summed E-state index contributed by atoms with van der Waals surface area (Å²) < 4.78 is 10.9. The number of amides is 1. The van der Waals surface area contributed by atoms with Crippen molar-refractivity contribution in [1.29, 1.82) is 0 Å². The molecule has 1 N–H and O–H groups in total. The summed E-state index contributed by atoms with van der Waals surface area (Å²) in [6, 6.07) is 7.46. The summed E-state index contributed by atoms with van der Waals surface area (Å²) >= 11 is 0. The van der Waals surface area contributed by atoms with Crippen LogP contribution in [0.15, 0.2) is 24.3 Å². The van der Waals surface area contributed by atoms with E-state index in [1.54, 1.807) is 4.90 Å². The zero-order valence-electron chi connectivity index (χ0n) is 11.3. The molecular weight excluding hydrogens is 258 g/mol. The Labute approximate surface area is 118 Å². The predicted molar refractivity (Wildman–Crippen MR) is 72.7 cm³/mol. The molecule has 0 saturated carbocycles. The Morgan fingerprint density at radius 3 is 3.05 bits per heavy atom. The summed E-state index contributed by atoms with van der Waals surface area (Å²) in [6.45, 7) is 1.99. The van der Waals surface area contributed by atoms with E-state index in [-0.39, 0.29) is 24.5 Å². The van der Waals surface area contributed by atoms with Gasteiger partial charge in [0.1, 0.15) is 5.75 Å². The Hall–Kier alpha value is -1.59. The number of aliphatic hydroxyl groups is 1. The summed E-state index contributed by atoms with van der Waals surface area (Å²) in [5, 5.41) is 9.41. The van der Waals surface area contributed by atoms with Crippen LogP contribution in [0.5, 0.6) is 5.75 Å². The lowest BCUT2D eigenvalue weighted by molar-refractivity contribution is -0.144. The number of carbonyl (C=O) groups excluding carboxylic acids is 1. The van der Waals surface area contributed by atoms with E-state index in [1.807, 2.05) is 24.3 Å². The molecule has 0 aromatic heterocycles. The number of ether oxygens (including phenoxy) is 2. The summed E-state index contributed by atoms with van der Waals surface area (Å²) in [5.74, 6) is 0.695. The summed E-state index contributed by atoms with van der Waals surface area (Å²) in [7, 11) is 0. The van der Waals surface area contributed by atoms with Crippen LogP contribution < -0.4 is 4.74 Å². The van der Waals surface area contributed by atoms with E-state index in [2.05, 4.69) is 0 Å². The summed E-state index contributed by atoms with van der Waals surface area (Å²) in [6.07, 6.45) is 0.686. The van der Waals surface area contributed by atoms with E-state index in [9.17, 15) is 9.90 Å². The minimum absolute atomic E-state index is 0.0589. The molecule has 108 valence electrons. The van der Waals surface area contributed by atoms with Crippen LogP contribution in [-0.4, -0.2) is 54.9 Å². The van der Waals surface area contributed by atoms with Crippen molar-refractivity contribution in [3.05, 3.63) is 29.8 Å². The molecule has 20 heavy (non-hydrogen) atoms. The van der Waals surface area contributed by atoms with Crippen LogP contribution in [0.2, 0.25) is 0 Å². The third-order valence-corrected chi connectivity index (χ3v) is 3.98. The molecule has 0 aliphatic carbocycles. The highest BCUT2D eigenvalue weighted by Crippen LogP contribution is 2.35. The van der Waals surface area contributed by atoms with Crippen molar-refractivity contribution >= 4 is 5.91 Å². The number of hydrogen-bond acceptors (Lipinski definition) is 4. The first-order chi connectivity index (χ1) is 9.81. The van der Waals surface area contributed by atoms with Gasteiger partial charge in [-0.3, -0.25) is 4.79 Å². The predicted octanol–water partition coefficient (Wildman–Crippen LogP) is 0.772. The average Bonchev–Trinajstić information content (AvgIpc) is 2.53. The standard InChI is InChI=1S/C15H19NO4/c17-9-11-10-19-8-6-16(11)15(18)13-5-7-20-14-4-2-1-3-12(13)14/h1-4,11,13,17H,5-10H2. The number of benzene rings is 1. The van der Waals surface area contributed by atoms with Gasteiger partial charge in [-0.2, -0.15) is 0 Å². The van der Waals surface area contributed by atoms with Gasteiger partial charge in [0.15, 0.2) is 0 Å². The Bertz CT molecular complexity index is 491. The molecule has 0 radical (unpaired) electrons. The van der Waals surface area contributed by atoms with Crippen molar-refractivity contribution in [3.63, 3.8) is 0 Å². The van der Waals surface area contributed by atoms with Crippen LogP contribution in [0.4, 0.5) is 0 Å². The maximum absolute atomic E-state index is 12.8. The van der Waals surface area contributed by atoms with Gasteiger partial charge in [-0.1, -0.05) is 18.2 Å². The smallest absolute Gasteiger partial charge is 0.230 e. The zero-order valence-corrected chi connectivity index (χ0v) is 11.3. The van der Waals surface area contributed by atoms with Crippen LogP contribution in [0.1, 0.15) is 17.9 Å². The van der Waals surface area contributed by atoms with Gasteiger partial charge in [-0.05, 0) is 12.5 Å². The molecule has 1 saturated heterocycles. The van der Waals surface area contributed by atoms with Crippen molar-refractivity contribution in [2.24, 2.45) is 0 Å². The molecule has 2 heterocycles. The molecule has 1 fully saturated rings. The second kappa shape index (κ2) is 5.81. The number of aliphatic hydroxyl groups excluding tert-OH is 1. The van der Waals surface area contributed by atoms with Crippen LogP contribution in [0.3, 0.4) is 0 Å². The molecule has 1 aromatic rings. The number of hydrogen-bond donors (Lipinski definition) is 1. The molecule has 0 spiro atoms. The number of para-hydroxylation sites is 1. The lowest BCUT2D eigenvalue weighted by Crippen LogP contribution is -2.52. The first-order valence-electron chi connectivity index (χ1n) is 7.02. The number of carbonyl (C=O) groups is 1. The highest BCUT2D eigenvalue weighted by atomic mass is 16.5. The van der Waals surface area contributed by atoms with Gasteiger partial charge < -0.3 is 19.5 Å². The minimum Gasteiger partial charge on any atom is -0.493 e. The highest BCUT2D eigenvalue weighted by Gasteiger charge is 2.35. The zero-order chi connectivity index (χ0) is 13.9. The second-order valence-corrected chi connectivity index (χ2v) is 5.17. The molecular formula is C15H19NO4. The maximum atomic E-state index is 12.8. The van der Waals surface area contributed by atoms with Crippen molar-refractivity contribution < 1.29 is 19.4 Å². The molecule has 1 aromatic carbocycles. The molecule has 5 nitrogen and oxygen atoms in total. The van der Waals surface area contributed by atoms with Gasteiger partial charge >= 0.3 is 0 Å². The lowest BCUT2D eigenvalue weighted by atomic mass is 9.91. The Balaban J connectivity index is 1.84. The SMILES string of the molecule is O=C(C1CCOc2ccccc21)N1CCOCC1CO. The molecule has 3 rings (SSSR count). The fourth-order valence-corrected chi connectivity index (χ4v) is 2.89. The fraction of sp³-hybridized carbons (Fsp3) is 0.533. The minimum atomic E-state index is -0.230. The third-order valence-electron chi connectivity index (χ3n) is 3.98. The molecule has 5 heteroatoms. The van der Waals surface area contributed by atoms with E-state index in [0.29, 0.717) is 32.8 Å². The molecule has 1 amide bonds. The van der Waals surface area contributed by atoms with E-state index in [0.717, 1.165) is 11.3 Å². The van der Waals surface area contributed by atoms with E-state index in [1.165, 1.54) is 0 Å².